The van der Waals surface area contributed by atoms with Gasteiger partial charge in [0.25, 0.3) is 0 Å². The van der Waals surface area contributed by atoms with Crippen molar-refractivity contribution < 1.29 is 4.79 Å². The average Bonchev–Trinajstić information content (AvgIpc) is 2.70. The van der Waals surface area contributed by atoms with Gasteiger partial charge in [-0.25, -0.2) is 4.98 Å². The summed E-state index contributed by atoms with van der Waals surface area (Å²) in [7, 11) is 0. The summed E-state index contributed by atoms with van der Waals surface area (Å²) < 4.78 is 0. The van der Waals surface area contributed by atoms with Gasteiger partial charge in [-0.3, -0.25) is 4.79 Å². The van der Waals surface area contributed by atoms with E-state index in [1.54, 1.807) is 11.3 Å². The number of rotatable bonds is 3. The molecular formula is C12H20ClN3OS. The van der Waals surface area contributed by atoms with Crippen LogP contribution >= 0.6 is 23.7 Å². The zero-order valence-corrected chi connectivity index (χ0v) is 12.4. The quantitative estimate of drug-likeness (QED) is 0.899. The van der Waals surface area contributed by atoms with E-state index in [0.29, 0.717) is 0 Å². The van der Waals surface area contributed by atoms with Gasteiger partial charge >= 0.3 is 0 Å². The van der Waals surface area contributed by atoms with Gasteiger partial charge in [-0.05, 0) is 32.7 Å². The fraction of sp³-hybridized carbons (Fsp3) is 0.667. The minimum atomic E-state index is -0.0435. The minimum Gasteiger partial charge on any atom is -0.306 e. The smallest absolute Gasteiger partial charge is 0.243 e. The molecule has 1 aromatic rings. The maximum Gasteiger partial charge on any atom is 0.243 e. The zero-order chi connectivity index (χ0) is 12.3. The molecule has 1 aliphatic heterocycles. The SMILES string of the molecule is CCc1nc(NC(=O)[C@@H]2CCCCN2)sc1C.Cl. The maximum absolute atomic E-state index is 12.0. The second kappa shape index (κ2) is 7.07. The van der Waals surface area contributed by atoms with Crippen LogP contribution in [0.2, 0.25) is 0 Å². The van der Waals surface area contributed by atoms with E-state index < -0.39 is 0 Å². The third kappa shape index (κ3) is 3.67. The van der Waals surface area contributed by atoms with E-state index in [0.717, 1.165) is 36.6 Å². The van der Waals surface area contributed by atoms with E-state index in [1.807, 2.05) is 6.92 Å². The molecule has 0 aromatic carbocycles. The minimum absolute atomic E-state index is 0. The lowest BCUT2D eigenvalue weighted by Crippen LogP contribution is -2.43. The largest absolute Gasteiger partial charge is 0.306 e. The summed E-state index contributed by atoms with van der Waals surface area (Å²) in [5.74, 6) is 0.0566. The Morgan fingerprint density at radius 2 is 2.33 bits per heavy atom. The van der Waals surface area contributed by atoms with Gasteiger partial charge in [0.1, 0.15) is 0 Å². The van der Waals surface area contributed by atoms with Crippen molar-refractivity contribution in [2.75, 3.05) is 11.9 Å². The molecule has 1 saturated heterocycles. The van der Waals surface area contributed by atoms with Gasteiger partial charge in [0, 0.05) is 4.88 Å². The first-order valence-corrected chi connectivity index (χ1v) is 7.03. The average molecular weight is 290 g/mol. The van der Waals surface area contributed by atoms with Crippen molar-refractivity contribution in [1.82, 2.24) is 10.3 Å². The lowest BCUT2D eigenvalue weighted by molar-refractivity contribution is -0.118. The Kier molecular flexibility index (Phi) is 6.05. The number of hydrogen-bond donors (Lipinski definition) is 2. The summed E-state index contributed by atoms with van der Waals surface area (Å²) in [4.78, 5) is 17.6. The second-order valence-electron chi connectivity index (χ2n) is 4.37. The van der Waals surface area contributed by atoms with Gasteiger partial charge in [-0.15, -0.1) is 23.7 Å². The molecule has 0 aliphatic carbocycles. The van der Waals surface area contributed by atoms with E-state index in [1.165, 1.54) is 11.3 Å². The van der Waals surface area contributed by atoms with Crippen LogP contribution < -0.4 is 10.6 Å². The molecule has 0 spiro atoms. The van der Waals surface area contributed by atoms with E-state index in [4.69, 9.17) is 0 Å². The predicted octanol–water partition coefficient (Wildman–Crippen LogP) is 2.52. The third-order valence-corrected chi connectivity index (χ3v) is 4.01. The summed E-state index contributed by atoms with van der Waals surface area (Å²) in [6.07, 6.45) is 4.14. The summed E-state index contributed by atoms with van der Waals surface area (Å²) >= 11 is 1.56. The normalized spacial score (nSPS) is 19.1. The highest BCUT2D eigenvalue weighted by atomic mass is 35.5. The summed E-state index contributed by atoms with van der Waals surface area (Å²) in [6, 6.07) is -0.0435. The first-order chi connectivity index (χ1) is 8.20. The first-order valence-electron chi connectivity index (χ1n) is 6.21. The van der Waals surface area contributed by atoms with Crippen LogP contribution in [0.4, 0.5) is 5.13 Å². The van der Waals surface area contributed by atoms with Crippen molar-refractivity contribution in [2.24, 2.45) is 0 Å². The molecule has 2 heterocycles. The third-order valence-electron chi connectivity index (χ3n) is 3.08. The fourth-order valence-electron chi connectivity index (χ4n) is 2.08. The van der Waals surface area contributed by atoms with Crippen molar-refractivity contribution in [3.05, 3.63) is 10.6 Å². The first kappa shape index (κ1) is 15.4. The fourth-order valence-corrected chi connectivity index (χ4v) is 2.98. The van der Waals surface area contributed by atoms with Crippen molar-refractivity contribution >= 4 is 34.8 Å². The lowest BCUT2D eigenvalue weighted by Gasteiger charge is -2.21. The maximum atomic E-state index is 12.0. The van der Waals surface area contributed by atoms with Crippen LogP contribution in [0.3, 0.4) is 0 Å². The second-order valence-corrected chi connectivity index (χ2v) is 5.57. The Balaban J connectivity index is 0.00000162. The van der Waals surface area contributed by atoms with E-state index in [9.17, 15) is 4.79 Å². The lowest BCUT2D eigenvalue weighted by atomic mass is 10.0. The molecule has 1 aliphatic rings. The van der Waals surface area contributed by atoms with Gasteiger partial charge < -0.3 is 10.6 Å². The molecule has 1 atom stereocenters. The molecule has 6 heteroatoms. The van der Waals surface area contributed by atoms with Gasteiger partial charge in [-0.1, -0.05) is 13.3 Å². The van der Waals surface area contributed by atoms with Crippen LogP contribution in [-0.4, -0.2) is 23.5 Å². The van der Waals surface area contributed by atoms with Crippen molar-refractivity contribution in [3.63, 3.8) is 0 Å². The highest BCUT2D eigenvalue weighted by Crippen LogP contribution is 2.22. The molecule has 0 saturated carbocycles. The Morgan fingerprint density at radius 1 is 1.56 bits per heavy atom. The van der Waals surface area contributed by atoms with E-state index >= 15 is 0 Å². The number of aryl methyl sites for hydroxylation is 2. The van der Waals surface area contributed by atoms with Gasteiger partial charge in [0.2, 0.25) is 5.91 Å². The molecule has 4 nitrogen and oxygen atoms in total. The van der Waals surface area contributed by atoms with Crippen LogP contribution in [0.15, 0.2) is 0 Å². The van der Waals surface area contributed by atoms with Crippen LogP contribution in [0.5, 0.6) is 0 Å². The molecule has 1 aromatic heterocycles. The molecule has 0 bridgehead atoms. The molecule has 102 valence electrons. The number of anilines is 1. The zero-order valence-electron chi connectivity index (χ0n) is 10.8. The molecule has 2 N–H and O–H groups in total. The topological polar surface area (TPSA) is 54.0 Å². The highest BCUT2D eigenvalue weighted by Gasteiger charge is 2.21. The molecule has 0 radical (unpaired) electrons. The number of carbonyl (C=O) groups is 1. The predicted molar refractivity (Wildman–Crippen MR) is 77.7 cm³/mol. The van der Waals surface area contributed by atoms with E-state index in [2.05, 4.69) is 22.5 Å². The Labute approximate surface area is 118 Å². The summed E-state index contributed by atoms with van der Waals surface area (Å²) in [5.41, 5.74) is 1.09. The molecule has 1 amide bonds. The number of amides is 1. The van der Waals surface area contributed by atoms with Crippen LogP contribution in [0, 0.1) is 6.92 Å². The molecular weight excluding hydrogens is 270 g/mol. The Hall–Kier alpha value is -0.650. The molecule has 18 heavy (non-hydrogen) atoms. The van der Waals surface area contributed by atoms with Gasteiger partial charge in [-0.2, -0.15) is 0 Å². The molecule has 2 rings (SSSR count). The number of piperidine rings is 1. The number of hydrogen-bond acceptors (Lipinski definition) is 4. The monoisotopic (exact) mass is 289 g/mol. The van der Waals surface area contributed by atoms with Gasteiger partial charge in [0.05, 0.1) is 11.7 Å². The molecule has 1 fully saturated rings. The van der Waals surface area contributed by atoms with Gasteiger partial charge in [0.15, 0.2) is 5.13 Å². The number of halogens is 1. The number of aromatic nitrogens is 1. The highest BCUT2D eigenvalue weighted by molar-refractivity contribution is 7.15. The van der Waals surface area contributed by atoms with Crippen molar-refractivity contribution in [3.8, 4) is 0 Å². The number of nitrogens with zero attached hydrogens (tertiary/aromatic N) is 1. The van der Waals surface area contributed by atoms with Crippen molar-refractivity contribution in [1.29, 1.82) is 0 Å². The van der Waals surface area contributed by atoms with Crippen LogP contribution in [0.1, 0.15) is 36.8 Å². The van der Waals surface area contributed by atoms with Crippen molar-refractivity contribution in [2.45, 2.75) is 45.6 Å². The number of carbonyl (C=O) groups excluding carboxylic acids is 1. The van der Waals surface area contributed by atoms with Crippen LogP contribution in [-0.2, 0) is 11.2 Å². The summed E-state index contributed by atoms with van der Waals surface area (Å²) in [6.45, 7) is 5.07. The standard InChI is InChI=1S/C12H19N3OS.ClH/c1-3-9-8(2)17-12(14-9)15-11(16)10-6-4-5-7-13-10;/h10,13H,3-7H2,1-2H3,(H,14,15,16);1H/t10-;/m0./s1. The Morgan fingerprint density at radius 3 is 2.89 bits per heavy atom. The molecule has 0 unspecified atom stereocenters. The van der Waals surface area contributed by atoms with Crippen LogP contribution in [0.25, 0.3) is 0 Å². The number of nitrogens with one attached hydrogen (secondary N) is 2. The summed E-state index contributed by atoms with van der Waals surface area (Å²) in [5, 5.41) is 6.89. The Bertz CT molecular complexity index is 402. The number of thiazole rings is 1. The van der Waals surface area contributed by atoms with E-state index in [-0.39, 0.29) is 24.4 Å².